The van der Waals surface area contributed by atoms with E-state index < -0.39 is 11.6 Å². The maximum atomic E-state index is 14.1. The Labute approximate surface area is 185 Å². The molecule has 1 amide bonds. The van der Waals surface area contributed by atoms with Crippen LogP contribution in [0.1, 0.15) is 23.7 Å². The van der Waals surface area contributed by atoms with Crippen molar-refractivity contribution in [3.63, 3.8) is 0 Å². The van der Waals surface area contributed by atoms with Crippen molar-refractivity contribution in [1.29, 1.82) is 0 Å². The molecule has 1 saturated heterocycles. The third-order valence-corrected chi connectivity index (χ3v) is 5.24. The Morgan fingerprint density at radius 3 is 2.77 bits per heavy atom. The van der Waals surface area contributed by atoms with Crippen LogP contribution in [-0.4, -0.2) is 50.6 Å². The fourth-order valence-electron chi connectivity index (χ4n) is 3.43. The summed E-state index contributed by atoms with van der Waals surface area (Å²) in [7, 11) is 0. The van der Waals surface area contributed by atoms with E-state index in [2.05, 4.69) is 20.9 Å². The van der Waals surface area contributed by atoms with Crippen molar-refractivity contribution >= 4 is 29.2 Å². The highest BCUT2D eigenvalue weighted by atomic mass is 35.5. The van der Waals surface area contributed by atoms with E-state index in [1.807, 2.05) is 11.8 Å². The Morgan fingerprint density at radius 2 is 2.03 bits per heavy atom. The number of carbonyl (C=O) groups is 1. The van der Waals surface area contributed by atoms with Gasteiger partial charge < -0.3 is 20.9 Å². The van der Waals surface area contributed by atoms with Gasteiger partial charge in [-0.25, -0.2) is 8.78 Å². The van der Waals surface area contributed by atoms with Crippen LogP contribution in [-0.2, 0) is 0 Å². The standard InChI is InChI=1S/C22H26ClF2N5O/c1-2-26-22(28-11-10-27-21(31)17-5-3-4-6-18(17)23)29-16-9-12-30(14-16)20-8-7-15(24)13-19(20)25/h3-8,13,16H,2,9-12,14H2,1H3,(H,27,31)(H2,26,28,29). The minimum atomic E-state index is -0.585. The second kappa shape index (κ2) is 10.9. The number of anilines is 1. The molecular weight excluding hydrogens is 424 g/mol. The van der Waals surface area contributed by atoms with Gasteiger partial charge in [-0.1, -0.05) is 23.7 Å². The molecule has 1 heterocycles. The average molecular weight is 450 g/mol. The molecule has 166 valence electrons. The van der Waals surface area contributed by atoms with Crippen molar-refractivity contribution in [3.8, 4) is 0 Å². The average Bonchev–Trinajstić information content (AvgIpc) is 3.19. The number of nitrogens with zero attached hydrogens (tertiary/aromatic N) is 2. The van der Waals surface area contributed by atoms with E-state index in [9.17, 15) is 13.6 Å². The van der Waals surface area contributed by atoms with E-state index in [4.69, 9.17) is 11.6 Å². The van der Waals surface area contributed by atoms with E-state index in [0.29, 0.717) is 55.0 Å². The Hall–Kier alpha value is -2.87. The monoisotopic (exact) mass is 449 g/mol. The molecule has 31 heavy (non-hydrogen) atoms. The lowest BCUT2D eigenvalue weighted by Crippen LogP contribution is -2.45. The first-order chi connectivity index (χ1) is 15.0. The van der Waals surface area contributed by atoms with Crippen molar-refractivity contribution < 1.29 is 13.6 Å². The number of amides is 1. The lowest BCUT2D eigenvalue weighted by molar-refractivity contribution is 0.0955. The third-order valence-electron chi connectivity index (χ3n) is 4.91. The summed E-state index contributed by atoms with van der Waals surface area (Å²) in [5, 5.41) is 9.73. The zero-order valence-electron chi connectivity index (χ0n) is 17.3. The van der Waals surface area contributed by atoms with Gasteiger partial charge in [0, 0.05) is 38.3 Å². The van der Waals surface area contributed by atoms with Gasteiger partial charge >= 0.3 is 0 Å². The molecule has 0 radical (unpaired) electrons. The molecule has 1 fully saturated rings. The molecule has 0 aromatic heterocycles. The lowest BCUT2D eigenvalue weighted by Gasteiger charge is -2.21. The molecule has 1 unspecified atom stereocenters. The number of hydrogen-bond acceptors (Lipinski definition) is 3. The highest BCUT2D eigenvalue weighted by Gasteiger charge is 2.25. The van der Waals surface area contributed by atoms with Gasteiger partial charge in [0.25, 0.3) is 5.91 Å². The van der Waals surface area contributed by atoms with Crippen molar-refractivity contribution in [1.82, 2.24) is 16.0 Å². The second-order valence-corrected chi connectivity index (χ2v) is 7.58. The highest BCUT2D eigenvalue weighted by molar-refractivity contribution is 6.33. The van der Waals surface area contributed by atoms with Crippen molar-refractivity contribution in [2.24, 2.45) is 4.99 Å². The van der Waals surface area contributed by atoms with Gasteiger partial charge in [-0.15, -0.1) is 0 Å². The summed E-state index contributed by atoms with van der Waals surface area (Å²) in [6.07, 6.45) is 0.796. The summed E-state index contributed by atoms with van der Waals surface area (Å²) in [5.41, 5.74) is 0.826. The van der Waals surface area contributed by atoms with Gasteiger partial charge in [0.15, 0.2) is 5.96 Å². The predicted octanol–water partition coefficient (Wildman–Crippen LogP) is 3.18. The Morgan fingerprint density at radius 1 is 1.23 bits per heavy atom. The largest absolute Gasteiger partial charge is 0.367 e. The first-order valence-corrected chi connectivity index (χ1v) is 10.6. The SMILES string of the molecule is CCNC(=NCCNC(=O)c1ccccc1Cl)NC1CCN(c2ccc(F)cc2F)C1. The summed E-state index contributed by atoms with van der Waals surface area (Å²) in [5.74, 6) is -0.763. The van der Waals surface area contributed by atoms with Crippen LogP contribution in [0.15, 0.2) is 47.5 Å². The summed E-state index contributed by atoms with van der Waals surface area (Å²) in [6.45, 7) is 4.63. The smallest absolute Gasteiger partial charge is 0.252 e. The van der Waals surface area contributed by atoms with Crippen LogP contribution >= 0.6 is 11.6 Å². The molecule has 1 aliphatic rings. The first kappa shape index (κ1) is 22.8. The zero-order valence-corrected chi connectivity index (χ0v) is 18.1. The molecule has 1 aliphatic heterocycles. The minimum absolute atomic E-state index is 0.0694. The molecule has 0 saturated carbocycles. The molecular formula is C22H26ClF2N5O. The van der Waals surface area contributed by atoms with Gasteiger partial charge in [-0.05, 0) is 37.6 Å². The van der Waals surface area contributed by atoms with Gasteiger partial charge in [-0.3, -0.25) is 9.79 Å². The fraction of sp³-hybridized carbons (Fsp3) is 0.364. The van der Waals surface area contributed by atoms with Crippen LogP contribution in [0.3, 0.4) is 0 Å². The number of benzene rings is 2. The number of aliphatic imine (C=N–C) groups is 1. The van der Waals surface area contributed by atoms with E-state index in [0.717, 1.165) is 12.5 Å². The Balaban J connectivity index is 1.50. The molecule has 6 nitrogen and oxygen atoms in total. The van der Waals surface area contributed by atoms with Crippen LogP contribution in [0.5, 0.6) is 0 Å². The summed E-state index contributed by atoms with van der Waals surface area (Å²) >= 11 is 6.04. The second-order valence-electron chi connectivity index (χ2n) is 7.17. The normalized spacial score (nSPS) is 16.3. The molecule has 0 bridgehead atoms. The van der Waals surface area contributed by atoms with E-state index in [1.165, 1.54) is 12.1 Å². The van der Waals surface area contributed by atoms with Gasteiger partial charge in [-0.2, -0.15) is 0 Å². The number of carbonyl (C=O) groups excluding carboxylic acids is 1. The Bertz CT molecular complexity index is 940. The molecule has 1 atom stereocenters. The van der Waals surface area contributed by atoms with Crippen LogP contribution in [0, 0.1) is 11.6 Å². The summed E-state index contributed by atoms with van der Waals surface area (Å²) in [6, 6.07) is 10.6. The van der Waals surface area contributed by atoms with Crippen LogP contribution in [0.2, 0.25) is 5.02 Å². The van der Waals surface area contributed by atoms with Crippen molar-refractivity contribution in [3.05, 3.63) is 64.7 Å². The van der Waals surface area contributed by atoms with E-state index in [1.54, 1.807) is 24.3 Å². The third kappa shape index (κ3) is 6.30. The summed E-state index contributed by atoms with van der Waals surface area (Å²) < 4.78 is 27.2. The molecule has 2 aromatic carbocycles. The molecule has 3 rings (SSSR count). The van der Waals surface area contributed by atoms with E-state index in [-0.39, 0.29) is 11.9 Å². The summed E-state index contributed by atoms with van der Waals surface area (Å²) in [4.78, 5) is 18.6. The van der Waals surface area contributed by atoms with Crippen LogP contribution in [0.25, 0.3) is 0 Å². The Kier molecular flexibility index (Phi) is 8.06. The molecule has 9 heteroatoms. The lowest BCUT2D eigenvalue weighted by atomic mass is 10.2. The van der Waals surface area contributed by atoms with Crippen LogP contribution < -0.4 is 20.9 Å². The quantitative estimate of drug-likeness (QED) is 0.345. The molecule has 3 N–H and O–H groups in total. The topological polar surface area (TPSA) is 68.8 Å². The minimum Gasteiger partial charge on any atom is -0.367 e. The number of halogens is 3. The predicted molar refractivity (Wildman–Crippen MR) is 120 cm³/mol. The van der Waals surface area contributed by atoms with Crippen molar-refractivity contribution in [2.75, 3.05) is 37.6 Å². The van der Waals surface area contributed by atoms with Crippen molar-refractivity contribution in [2.45, 2.75) is 19.4 Å². The number of guanidine groups is 1. The van der Waals surface area contributed by atoms with Gasteiger partial charge in [0.1, 0.15) is 11.6 Å². The van der Waals surface area contributed by atoms with Gasteiger partial charge in [0.2, 0.25) is 0 Å². The number of hydrogen-bond donors (Lipinski definition) is 3. The van der Waals surface area contributed by atoms with E-state index >= 15 is 0 Å². The molecule has 0 aliphatic carbocycles. The van der Waals surface area contributed by atoms with Gasteiger partial charge in [0.05, 0.1) is 22.8 Å². The first-order valence-electron chi connectivity index (χ1n) is 10.3. The fourth-order valence-corrected chi connectivity index (χ4v) is 3.65. The molecule has 0 spiro atoms. The highest BCUT2D eigenvalue weighted by Crippen LogP contribution is 2.24. The number of rotatable bonds is 7. The molecule has 2 aromatic rings. The zero-order chi connectivity index (χ0) is 22.2. The van der Waals surface area contributed by atoms with Crippen LogP contribution in [0.4, 0.5) is 14.5 Å². The number of nitrogens with one attached hydrogen (secondary N) is 3. The maximum absolute atomic E-state index is 14.1. The maximum Gasteiger partial charge on any atom is 0.252 e.